The molecule has 6 heteroatoms. The van der Waals surface area contributed by atoms with Crippen molar-refractivity contribution in [2.24, 2.45) is 0 Å². The van der Waals surface area contributed by atoms with Crippen LogP contribution in [0.25, 0.3) is 10.8 Å². The first-order chi connectivity index (χ1) is 8.40. The van der Waals surface area contributed by atoms with Crippen molar-refractivity contribution < 1.29 is 30.0 Å². The number of aromatic carboxylic acids is 2. The Morgan fingerprint density at radius 3 is 1.33 bits per heavy atom. The van der Waals surface area contributed by atoms with E-state index >= 15 is 0 Å². The van der Waals surface area contributed by atoms with Gasteiger partial charge in [0.1, 0.15) is 11.5 Å². The Labute approximate surface area is 100 Å². The summed E-state index contributed by atoms with van der Waals surface area (Å²) >= 11 is 0. The number of phenolic OH excluding ortho intramolecular Hbond substituents is 2. The van der Waals surface area contributed by atoms with Crippen LogP contribution in [0.5, 0.6) is 11.5 Å². The molecule has 0 aliphatic heterocycles. The number of hydrogen-bond donors (Lipinski definition) is 4. The van der Waals surface area contributed by atoms with Crippen LogP contribution in [0.15, 0.2) is 24.3 Å². The zero-order valence-electron chi connectivity index (χ0n) is 8.91. The lowest BCUT2D eigenvalue weighted by Crippen LogP contribution is -1.98. The number of carboxylic acids is 2. The molecule has 0 saturated carbocycles. The Morgan fingerprint density at radius 2 is 1.06 bits per heavy atom. The van der Waals surface area contributed by atoms with E-state index in [9.17, 15) is 19.8 Å². The zero-order valence-corrected chi connectivity index (χ0v) is 8.91. The van der Waals surface area contributed by atoms with Crippen LogP contribution in [-0.2, 0) is 0 Å². The van der Waals surface area contributed by atoms with Gasteiger partial charge in [-0.25, -0.2) is 9.59 Å². The minimum Gasteiger partial charge on any atom is -0.507 e. The summed E-state index contributed by atoms with van der Waals surface area (Å²) in [5.74, 6) is -3.31. The molecule has 0 heterocycles. The number of hydrogen-bond acceptors (Lipinski definition) is 4. The molecule has 0 fully saturated rings. The molecule has 2 aromatic rings. The van der Waals surface area contributed by atoms with Crippen LogP contribution in [0, 0.1) is 0 Å². The molecule has 2 rings (SSSR count). The lowest BCUT2D eigenvalue weighted by molar-refractivity contribution is 0.0685. The molecule has 18 heavy (non-hydrogen) atoms. The smallest absolute Gasteiger partial charge is 0.335 e. The first-order valence-corrected chi connectivity index (χ1v) is 4.86. The molecule has 0 spiro atoms. The van der Waals surface area contributed by atoms with Crippen LogP contribution in [0.1, 0.15) is 20.7 Å². The van der Waals surface area contributed by atoms with Gasteiger partial charge in [0.2, 0.25) is 0 Å². The summed E-state index contributed by atoms with van der Waals surface area (Å²) in [5.41, 5.74) is -0.392. The van der Waals surface area contributed by atoms with E-state index < -0.39 is 23.4 Å². The monoisotopic (exact) mass is 248 g/mol. The third-order valence-electron chi connectivity index (χ3n) is 2.52. The fourth-order valence-electron chi connectivity index (χ4n) is 1.67. The molecule has 4 N–H and O–H groups in total. The van der Waals surface area contributed by atoms with Gasteiger partial charge in [0.15, 0.2) is 0 Å². The van der Waals surface area contributed by atoms with Crippen molar-refractivity contribution in [3.05, 3.63) is 35.4 Å². The maximum absolute atomic E-state index is 10.8. The number of benzene rings is 2. The molecule has 2 aromatic carbocycles. The molecule has 0 aliphatic rings. The quantitative estimate of drug-likeness (QED) is 0.642. The first-order valence-electron chi connectivity index (χ1n) is 4.86. The van der Waals surface area contributed by atoms with E-state index in [4.69, 9.17) is 10.2 Å². The average molecular weight is 248 g/mol. The topological polar surface area (TPSA) is 115 Å². The molecule has 0 atom stereocenters. The van der Waals surface area contributed by atoms with Crippen molar-refractivity contribution in [3.63, 3.8) is 0 Å². The fourth-order valence-corrected chi connectivity index (χ4v) is 1.67. The summed E-state index contributed by atoms with van der Waals surface area (Å²) in [7, 11) is 0. The summed E-state index contributed by atoms with van der Waals surface area (Å²) in [5, 5.41) is 37.1. The molecule has 0 bridgehead atoms. The molecule has 6 nitrogen and oxygen atoms in total. The van der Waals surface area contributed by atoms with Gasteiger partial charge in [-0.05, 0) is 24.3 Å². The zero-order chi connectivity index (χ0) is 13.4. The second-order valence-corrected chi connectivity index (χ2v) is 3.70. The molecule has 0 saturated heterocycles. The van der Waals surface area contributed by atoms with E-state index in [2.05, 4.69) is 0 Å². The van der Waals surface area contributed by atoms with Crippen LogP contribution in [0.2, 0.25) is 0 Å². The lowest BCUT2D eigenvalue weighted by atomic mass is 10.0. The molecular formula is C12H8O6. The van der Waals surface area contributed by atoms with Crippen molar-refractivity contribution in [1.29, 1.82) is 0 Å². The van der Waals surface area contributed by atoms with Crippen LogP contribution >= 0.6 is 0 Å². The summed E-state index contributed by atoms with van der Waals surface area (Å²) < 4.78 is 0. The second kappa shape index (κ2) is 3.92. The van der Waals surface area contributed by atoms with Gasteiger partial charge in [0.05, 0.1) is 11.1 Å². The van der Waals surface area contributed by atoms with E-state index in [1.54, 1.807) is 0 Å². The average Bonchev–Trinajstić information content (AvgIpc) is 2.29. The summed E-state index contributed by atoms with van der Waals surface area (Å²) in [6.07, 6.45) is 0. The predicted octanol–water partition coefficient (Wildman–Crippen LogP) is 1.65. The largest absolute Gasteiger partial charge is 0.507 e. The number of rotatable bonds is 2. The van der Waals surface area contributed by atoms with Crippen LogP contribution in [0.4, 0.5) is 0 Å². The van der Waals surface area contributed by atoms with Crippen LogP contribution < -0.4 is 0 Å². The lowest BCUT2D eigenvalue weighted by Gasteiger charge is -2.07. The minimum atomic E-state index is -1.26. The number of fused-ring (bicyclic) bond motifs is 1. The summed E-state index contributed by atoms with van der Waals surface area (Å²) in [6.45, 7) is 0. The molecule has 0 amide bonds. The molecular weight excluding hydrogens is 240 g/mol. The van der Waals surface area contributed by atoms with Gasteiger partial charge in [0, 0.05) is 10.8 Å². The van der Waals surface area contributed by atoms with E-state index in [0.717, 1.165) is 12.1 Å². The number of aromatic hydroxyl groups is 2. The van der Waals surface area contributed by atoms with Crippen molar-refractivity contribution in [2.45, 2.75) is 0 Å². The highest BCUT2D eigenvalue weighted by Crippen LogP contribution is 2.33. The number of carboxylic acid groups (broad SMARTS) is 2. The minimum absolute atomic E-state index is 0.0809. The molecule has 0 aliphatic carbocycles. The highest BCUT2D eigenvalue weighted by atomic mass is 16.4. The van der Waals surface area contributed by atoms with Gasteiger partial charge in [0.25, 0.3) is 0 Å². The third-order valence-corrected chi connectivity index (χ3v) is 2.52. The van der Waals surface area contributed by atoms with E-state index in [0.29, 0.717) is 0 Å². The molecule has 92 valence electrons. The summed E-state index contributed by atoms with van der Waals surface area (Å²) in [6, 6.07) is 4.32. The maximum Gasteiger partial charge on any atom is 0.335 e. The van der Waals surface area contributed by atoms with Gasteiger partial charge in [-0.3, -0.25) is 0 Å². The second-order valence-electron chi connectivity index (χ2n) is 3.70. The first kappa shape index (κ1) is 11.7. The molecule has 0 unspecified atom stereocenters. The van der Waals surface area contributed by atoms with Gasteiger partial charge >= 0.3 is 11.9 Å². The highest BCUT2D eigenvalue weighted by Gasteiger charge is 2.14. The third kappa shape index (κ3) is 1.80. The van der Waals surface area contributed by atoms with Crippen molar-refractivity contribution >= 4 is 22.7 Å². The van der Waals surface area contributed by atoms with Gasteiger partial charge < -0.3 is 20.4 Å². The van der Waals surface area contributed by atoms with E-state index in [-0.39, 0.29) is 21.9 Å². The SMILES string of the molecule is O=C(O)c1cc(O)c2cc(C(=O)O)cc(O)c2c1. The standard InChI is InChI=1S/C12H8O6/c13-9-4-6(12(17)18)2-8-7(9)1-5(11(15)16)3-10(8)14/h1-4,13-14H,(H,15,16)(H,17,18). The Kier molecular flexibility index (Phi) is 2.55. The predicted molar refractivity (Wildman–Crippen MR) is 61.2 cm³/mol. The van der Waals surface area contributed by atoms with Gasteiger partial charge in [-0.15, -0.1) is 0 Å². The number of phenols is 2. The Hall–Kier alpha value is -2.76. The van der Waals surface area contributed by atoms with Crippen LogP contribution in [0.3, 0.4) is 0 Å². The maximum atomic E-state index is 10.8. The summed E-state index contributed by atoms with van der Waals surface area (Å²) in [4.78, 5) is 21.6. The van der Waals surface area contributed by atoms with E-state index in [1.807, 2.05) is 0 Å². The van der Waals surface area contributed by atoms with Crippen LogP contribution in [-0.4, -0.2) is 32.4 Å². The van der Waals surface area contributed by atoms with Gasteiger partial charge in [-0.2, -0.15) is 0 Å². The fraction of sp³-hybridized carbons (Fsp3) is 0. The normalized spacial score (nSPS) is 10.4. The number of carbonyl (C=O) groups is 2. The Morgan fingerprint density at radius 1 is 0.722 bits per heavy atom. The Balaban J connectivity index is 2.83. The highest BCUT2D eigenvalue weighted by molar-refractivity contribution is 6.03. The molecule has 0 radical (unpaired) electrons. The van der Waals surface area contributed by atoms with Crippen molar-refractivity contribution in [2.75, 3.05) is 0 Å². The Bertz CT molecular complexity index is 615. The molecule has 0 aromatic heterocycles. The van der Waals surface area contributed by atoms with E-state index in [1.165, 1.54) is 12.1 Å². The van der Waals surface area contributed by atoms with Gasteiger partial charge in [-0.1, -0.05) is 0 Å². The van der Waals surface area contributed by atoms with Crippen molar-refractivity contribution in [1.82, 2.24) is 0 Å². The van der Waals surface area contributed by atoms with Crippen molar-refractivity contribution in [3.8, 4) is 11.5 Å².